The number of rotatable bonds is 5. The lowest BCUT2D eigenvalue weighted by Crippen LogP contribution is -2.45. The van der Waals surface area contributed by atoms with Gasteiger partial charge in [0.15, 0.2) is 0 Å². The Morgan fingerprint density at radius 3 is 2.83 bits per heavy atom. The second kappa shape index (κ2) is 7.50. The van der Waals surface area contributed by atoms with Crippen molar-refractivity contribution in [1.29, 1.82) is 0 Å². The van der Waals surface area contributed by atoms with Crippen LogP contribution in [0.5, 0.6) is 0 Å². The molecule has 0 radical (unpaired) electrons. The van der Waals surface area contributed by atoms with Gasteiger partial charge in [-0.15, -0.1) is 11.3 Å². The molecule has 6 nitrogen and oxygen atoms in total. The van der Waals surface area contributed by atoms with Gasteiger partial charge in [0.1, 0.15) is 5.82 Å². The highest BCUT2D eigenvalue weighted by Gasteiger charge is 2.21. The number of thiazole rings is 1. The Bertz CT molecular complexity index is 637. The molecule has 3 rings (SSSR count). The third-order valence-electron chi connectivity index (χ3n) is 4.16. The number of nitrogens with one attached hydrogen (secondary N) is 1. The highest BCUT2D eigenvalue weighted by molar-refractivity contribution is 7.09. The number of hydrogen-bond donors (Lipinski definition) is 1. The van der Waals surface area contributed by atoms with Gasteiger partial charge in [-0.25, -0.2) is 9.97 Å². The summed E-state index contributed by atoms with van der Waals surface area (Å²) in [7, 11) is 0. The fraction of sp³-hybridized carbons (Fsp3) is 0.500. The van der Waals surface area contributed by atoms with E-state index in [1.165, 1.54) is 4.88 Å². The average Bonchev–Trinajstić information content (AvgIpc) is 3.00. The summed E-state index contributed by atoms with van der Waals surface area (Å²) in [6, 6.07) is 0.262. The van der Waals surface area contributed by atoms with Crippen molar-refractivity contribution < 1.29 is 4.79 Å². The third kappa shape index (κ3) is 4.25. The topological polar surface area (TPSA) is 71.0 Å². The minimum atomic E-state index is 0.135. The number of carbonyl (C=O) groups is 1. The van der Waals surface area contributed by atoms with Crippen LogP contribution < -0.4 is 10.2 Å². The molecule has 0 aliphatic carbocycles. The van der Waals surface area contributed by atoms with Crippen LogP contribution in [0.4, 0.5) is 5.82 Å². The predicted octanol–water partition coefficient (Wildman–Crippen LogP) is 1.96. The summed E-state index contributed by atoms with van der Waals surface area (Å²) in [6.07, 6.45) is 8.39. The lowest BCUT2D eigenvalue weighted by atomic mass is 10.0. The first-order valence-electron chi connectivity index (χ1n) is 7.91. The van der Waals surface area contributed by atoms with E-state index in [0.29, 0.717) is 6.42 Å². The first-order valence-corrected chi connectivity index (χ1v) is 8.79. The molecule has 1 aliphatic heterocycles. The Balaban J connectivity index is 1.42. The van der Waals surface area contributed by atoms with Gasteiger partial charge in [0.2, 0.25) is 5.91 Å². The van der Waals surface area contributed by atoms with E-state index in [1.54, 1.807) is 29.9 Å². The Kier molecular flexibility index (Phi) is 5.17. The van der Waals surface area contributed by atoms with Crippen LogP contribution in [0.25, 0.3) is 0 Å². The molecule has 1 amide bonds. The molecule has 1 N–H and O–H groups in total. The summed E-state index contributed by atoms with van der Waals surface area (Å²) in [6.45, 7) is 3.79. The number of aryl methyl sites for hydroxylation is 2. The van der Waals surface area contributed by atoms with Gasteiger partial charge in [-0.1, -0.05) is 0 Å². The van der Waals surface area contributed by atoms with E-state index in [0.717, 1.165) is 43.9 Å². The van der Waals surface area contributed by atoms with Gasteiger partial charge in [-0.2, -0.15) is 0 Å². The van der Waals surface area contributed by atoms with Gasteiger partial charge in [-0.3, -0.25) is 9.78 Å². The van der Waals surface area contributed by atoms with Gasteiger partial charge in [-0.05, 0) is 26.2 Å². The van der Waals surface area contributed by atoms with E-state index in [-0.39, 0.29) is 11.9 Å². The molecule has 0 unspecified atom stereocenters. The minimum absolute atomic E-state index is 0.135. The maximum absolute atomic E-state index is 12.1. The van der Waals surface area contributed by atoms with Gasteiger partial charge in [0.05, 0.1) is 17.4 Å². The first-order chi connectivity index (χ1) is 11.2. The Morgan fingerprint density at radius 1 is 1.35 bits per heavy atom. The molecule has 0 saturated carbocycles. The molecule has 7 heteroatoms. The molecular formula is C16H21N5OS. The zero-order valence-electron chi connectivity index (χ0n) is 13.2. The molecule has 2 aromatic heterocycles. The summed E-state index contributed by atoms with van der Waals surface area (Å²) in [4.78, 5) is 28.2. The van der Waals surface area contributed by atoms with Crippen LogP contribution in [0.15, 0.2) is 24.1 Å². The molecule has 1 saturated heterocycles. The number of anilines is 1. The van der Waals surface area contributed by atoms with Gasteiger partial charge in [0.25, 0.3) is 0 Å². The Hall–Kier alpha value is -2.02. The standard InChI is InChI=1S/C16H21N5OS/c1-12-14(23-11-19-12)2-3-16(22)20-13-4-8-21(9-5-13)15-10-17-6-7-18-15/h6-7,10-11,13H,2-5,8-9H2,1H3,(H,20,22). The second-order valence-corrected chi connectivity index (χ2v) is 6.69. The number of amides is 1. The molecule has 23 heavy (non-hydrogen) atoms. The predicted molar refractivity (Wildman–Crippen MR) is 90.6 cm³/mol. The van der Waals surface area contributed by atoms with E-state index < -0.39 is 0 Å². The maximum Gasteiger partial charge on any atom is 0.220 e. The molecule has 0 spiro atoms. The average molecular weight is 331 g/mol. The summed E-state index contributed by atoms with van der Waals surface area (Å²) in [5.41, 5.74) is 2.88. The summed E-state index contributed by atoms with van der Waals surface area (Å²) in [5, 5.41) is 3.16. The van der Waals surface area contributed by atoms with Crippen molar-refractivity contribution in [2.75, 3.05) is 18.0 Å². The van der Waals surface area contributed by atoms with Gasteiger partial charge >= 0.3 is 0 Å². The van der Waals surface area contributed by atoms with Gasteiger partial charge in [0, 0.05) is 42.8 Å². The van der Waals surface area contributed by atoms with Crippen LogP contribution in [0, 0.1) is 6.92 Å². The molecule has 0 aromatic carbocycles. The molecular weight excluding hydrogens is 310 g/mol. The Labute approximate surface area is 140 Å². The van der Waals surface area contributed by atoms with E-state index in [9.17, 15) is 4.79 Å². The number of piperidine rings is 1. The van der Waals surface area contributed by atoms with Crippen molar-refractivity contribution in [2.24, 2.45) is 0 Å². The highest BCUT2D eigenvalue weighted by atomic mass is 32.1. The van der Waals surface area contributed by atoms with Crippen LogP contribution in [0.1, 0.15) is 29.8 Å². The van der Waals surface area contributed by atoms with Crippen molar-refractivity contribution in [1.82, 2.24) is 20.3 Å². The van der Waals surface area contributed by atoms with Crippen LogP contribution in [-0.2, 0) is 11.2 Å². The summed E-state index contributed by atoms with van der Waals surface area (Å²) < 4.78 is 0. The summed E-state index contributed by atoms with van der Waals surface area (Å²) >= 11 is 1.62. The van der Waals surface area contributed by atoms with Crippen LogP contribution in [0.3, 0.4) is 0 Å². The first kappa shape index (κ1) is 15.9. The number of hydrogen-bond acceptors (Lipinski definition) is 6. The summed E-state index contributed by atoms with van der Waals surface area (Å²) in [5.74, 6) is 1.05. The maximum atomic E-state index is 12.1. The van der Waals surface area contributed by atoms with Crippen LogP contribution in [-0.4, -0.2) is 40.0 Å². The smallest absolute Gasteiger partial charge is 0.220 e. The zero-order chi connectivity index (χ0) is 16.1. The molecule has 1 fully saturated rings. The largest absolute Gasteiger partial charge is 0.355 e. The number of aromatic nitrogens is 3. The van der Waals surface area contributed by atoms with Crippen molar-refractivity contribution in [3.63, 3.8) is 0 Å². The van der Waals surface area contributed by atoms with Crippen LogP contribution in [0.2, 0.25) is 0 Å². The van der Waals surface area contributed by atoms with Gasteiger partial charge < -0.3 is 10.2 Å². The number of carbonyl (C=O) groups excluding carboxylic acids is 1. The van der Waals surface area contributed by atoms with Crippen LogP contribution >= 0.6 is 11.3 Å². The van der Waals surface area contributed by atoms with E-state index in [1.807, 2.05) is 12.4 Å². The minimum Gasteiger partial charge on any atom is -0.355 e. The third-order valence-corrected chi connectivity index (χ3v) is 5.15. The van der Waals surface area contributed by atoms with E-state index >= 15 is 0 Å². The van der Waals surface area contributed by atoms with Crippen molar-refractivity contribution in [2.45, 2.75) is 38.6 Å². The monoisotopic (exact) mass is 331 g/mol. The molecule has 0 bridgehead atoms. The Morgan fingerprint density at radius 2 is 2.17 bits per heavy atom. The van der Waals surface area contributed by atoms with E-state index in [2.05, 4.69) is 25.2 Å². The zero-order valence-corrected chi connectivity index (χ0v) is 14.1. The normalized spacial score (nSPS) is 15.6. The fourth-order valence-corrected chi connectivity index (χ4v) is 3.58. The molecule has 0 atom stereocenters. The van der Waals surface area contributed by atoms with E-state index in [4.69, 9.17) is 0 Å². The number of nitrogens with zero attached hydrogens (tertiary/aromatic N) is 4. The fourth-order valence-electron chi connectivity index (χ4n) is 2.80. The second-order valence-electron chi connectivity index (χ2n) is 5.75. The molecule has 1 aliphatic rings. The SMILES string of the molecule is Cc1ncsc1CCC(=O)NC1CCN(c2cnccn2)CC1. The van der Waals surface area contributed by atoms with Crippen molar-refractivity contribution in [3.05, 3.63) is 34.7 Å². The molecule has 3 heterocycles. The van der Waals surface area contributed by atoms with Crippen molar-refractivity contribution in [3.8, 4) is 0 Å². The highest BCUT2D eigenvalue weighted by Crippen LogP contribution is 2.17. The molecule has 122 valence electrons. The molecule has 2 aromatic rings. The quantitative estimate of drug-likeness (QED) is 0.907. The lowest BCUT2D eigenvalue weighted by molar-refractivity contribution is -0.121. The lowest BCUT2D eigenvalue weighted by Gasteiger charge is -2.32. The van der Waals surface area contributed by atoms with Crippen molar-refractivity contribution >= 4 is 23.1 Å².